The molecule has 3 amide bonds. The number of nitrogen functional groups attached to an aromatic ring is 1. The Labute approximate surface area is 142 Å². The zero-order chi connectivity index (χ0) is 18.0. The molecule has 1 aromatic heterocycles. The van der Waals surface area contributed by atoms with E-state index in [2.05, 4.69) is 15.3 Å². The maximum Gasteiger partial charge on any atom is 0.323 e. The van der Waals surface area contributed by atoms with Crippen LogP contribution in [0.4, 0.5) is 17.1 Å². The van der Waals surface area contributed by atoms with E-state index in [0.717, 1.165) is 10.4 Å². The van der Waals surface area contributed by atoms with Crippen LogP contribution in [0.25, 0.3) is 11.0 Å². The Kier molecular flexibility index (Phi) is 4.17. The number of nitrogens with one attached hydrogen (secondary N) is 2. The van der Waals surface area contributed by atoms with E-state index in [0.29, 0.717) is 16.9 Å². The van der Waals surface area contributed by atoms with E-state index < -0.39 is 17.7 Å². The molecular formula is C17H15N5O3. The molecule has 0 radical (unpaired) electrons. The van der Waals surface area contributed by atoms with Crippen LogP contribution in [-0.4, -0.2) is 27.7 Å². The molecule has 0 fully saturated rings. The van der Waals surface area contributed by atoms with Crippen LogP contribution in [0.3, 0.4) is 0 Å². The Balaban J connectivity index is 1.82. The van der Waals surface area contributed by atoms with Gasteiger partial charge in [0.2, 0.25) is 5.91 Å². The molecule has 0 bridgehead atoms. The minimum Gasteiger partial charge on any atom is -0.399 e. The third-order valence-corrected chi connectivity index (χ3v) is 3.54. The summed E-state index contributed by atoms with van der Waals surface area (Å²) in [7, 11) is 0. The third kappa shape index (κ3) is 3.32. The summed E-state index contributed by atoms with van der Waals surface area (Å²) in [6.07, 6.45) is 1.53. The summed E-state index contributed by atoms with van der Waals surface area (Å²) < 4.78 is 0. The molecule has 0 aliphatic rings. The van der Waals surface area contributed by atoms with Crippen LogP contribution >= 0.6 is 0 Å². The van der Waals surface area contributed by atoms with Crippen LogP contribution in [0, 0.1) is 0 Å². The molecule has 0 aliphatic carbocycles. The summed E-state index contributed by atoms with van der Waals surface area (Å²) in [6, 6.07) is 11.1. The van der Waals surface area contributed by atoms with Crippen molar-refractivity contribution in [3.8, 4) is 0 Å². The maximum absolute atomic E-state index is 12.4. The normalized spacial score (nSPS) is 10.4. The van der Waals surface area contributed by atoms with Gasteiger partial charge in [0.1, 0.15) is 0 Å². The maximum atomic E-state index is 12.4. The van der Waals surface area contributed by atoms with Crippen LogP contribution in [0.1, 0.15) is 6.92 Å². The lowest BCUT2D eigenvalue weighted by atomic mass is 10.2. The Morgan fingerprint density at radius 3 is 2.52 bits per heavy atom. The highest BCUT2D eigenvalue weighted by molar-refractivity contribution is 6.48. The van der Waals surface area contributed by atoms with Gasteiger partial charge >= 0.3 is 11.8 Å². The topological polar surface area (TPSA) is 121 Å². The number of aromatic nitrogens is 2. The van der Waals surface area contributed by atoms with Gasteiger partial charge in [-0.25, -0.2) is 9.88 Å². The number of imide groups is 1. The predicted molar refractivity (Wildman–Crippen MR) is 93.7 cm³/mol. The Morgan fingerprint density at radius 1 is 1.12 bits per heavy atom. The number of benzene rings is 2. The standard InChI is InChI=1S/C17H15N5O3/c1-10(23)22(13-5-2-11(18)3-6-13)17(25)16(24)21-12-4-7-14-15(8-12)20-9-19-14/h2-9H,18H2,1H3,(H,19,20)(H,21,24). The monoisotopic (exact) mass is 337 g/mol. The van der Waals surface area contributed by atoms with E-state index in [4.69, 9.17) is 5.73 Å². The first-order valence-corrected chi connectivity index (χ1v) is 7.40. The summed E-state index contributed by atoms with van der Waals surface area (Å²) in [6.45, 7) is 1.21. The molecule has 126 valence electrons. The molecule has 0 unspecified atom stereocenters. The number of hydrogen-bond acceptors (Lipinski definition) is 5. The van der Waals surface area contributed by atoms with E-state index in [-0.39, 0.29) is 5.69 Å². The molecule has 25 heavy (non-hydrogen) atoms. The van der Waals surface area contributed by atoms with Gasteiger partial charge in [0.25, 0.3) is 0 Å². The number of amides is 3. The van der Waals surface area contributed by atoms with Crippen molar-refractivity contribution in [2.75, 3.05) is 16.0 Å². The van der Waals surface area contributed by atoms with Crippen LogP contribution < -0.4 is 16.0 Å². The van der Waals surface area contributed by atoms with Gasteiger partial charge in [-0.05, 0) is 42.5 Å². The molecule has 0 saturated heterocycles. The van der Waals surface area contributed by atoms with Crippen LogP contribution in [0.15, 0.2) is 48.8 Å². The van der Waals surface area contributed by atoms with Gasteiger partial charge in [-0.2, -0.15) is 0 Å². The van der Waals surface area contributed by atoms with Crippen LogP contribution in [0.5, 0.6) is 0 Å². The minimum atomic E-state index is -0.984. The molecule has 2 aromatic carbocycles. The highest BCUT2D eigenvalue weighted by Crippen LogP contribution is 2.19. The summed E-state index contributed by atoms with van der Waals surface area (Å²) in [5, 5.41) is 2.49. The van der Waals surface area contributed by atoms with E-state index in [1.165, 1.54) is 25.4 Å². The van der Waals surface area contributed by atoms with Crippen molar-refractivity contribution in [3.63, 3.8) is 0 Å². The van der Waals surface area contributed by atoms with Crippen molar-refractivity contribution in [2.45, 2.75) is 6.92 Å². The quantitative estimate of drug-likeness (QED) is 0.485. The second-order valence-corrected chi connectivity index (χ2v) is 5.34. The number of nitrogens with zero attached hydrogens (tertiary/aromatic N) is 2. The number of nitrogens with two attached hydrogens (primary N) is 1. The Hall–Kier alpha value is -3.68. The number of fused-ring (bicyclic) bond motifs is 1. The van der Waals surface area contributed by atoms with E-state index >= 15 is 0 Å². The molecular weight excluding hydrogens is 322 g/mol. The second-order valence-electron chi connectivity index (χ2n) is 5.34. The predicted octanol–water partition coefficient (Wildman–Crippen LogP) is 1.66. The molecule has 8 nitrogen and oxygen atoms in total. The zero-order valence-electron chi connectivity index (χ0n) is 13.3. The molecule has 0 atom stereocenters. The van der Waals surface area contributed by atoms with Crippen molar-refractivity contribution < 1.29 is 14.4 Å². The fourth-order valence-electron chi connectivity index (χ4n) is 2.36. The van der Waals surface area contributed by atoms with Gasteiger partial charge in [-0.15, -0.1) is 0 Å². The van der Waals surface area contributed by atoms with E-state index in [9.17, 15) is 14.4 Å². The van der Waals surface area contributed by atoms with Crippen LogP contribution in [-0.2, 0) is 14.4 Å². The Bertz CT molecular complexity index is 962. The van der Waals surface area contributed by atoms with Crippen molar-refractivity contribution in [1.82, 2.24) is 9.97 Å². The van der Waals surface area contributed by atoms with Crippen molar-refractivity contribution in [1.29, 1.82) is 0 Å². The summed E-state index contributed by atoms with van der Waals surface area (Å²) in [4.78, 5) is 44.3. The number of imidazole rings is 1. The number of carbonyl (C=O) groups excluding carboxylic acids is 3. The van der Waals surface area contributed by atoms with Gasteiger partial charge in [-0.1, -0.05) is 0 Å². The van der Waals surface area contributed by atoms with Gasteiger partial charge in [0, 0.05) is 18.3 Å². The van der Waals surface area contributed by atoms with E-state index in [1.807, 2.05) is 0 Å². The van der Waals surface area contributed by atoms with Crippen molar-refractivity contribution in [3.05, 3.63) is 48.8 Å². The number of aromatic amines is 1. The highest BCUT2D eigenvalue weighted by atomic mass is 16.2. The first-order chi connectivity index (χ1) is 12.0. The number of hydrogen-bond donors (Lipinski definition) is 3. The SMILES string of the molecule is CC(=O)N(C(=O)C(=O)Nc1ccc2nc[nH]c2c1)c1ccc(N)cc1. The smallest absolute Gasteiger partial charge is 0.323 e. The first-order valence-electron chi connectivity index (χ1n) is 7.40. The van der Waals surface area contributed by atoms with Crippen LogP contribution in [0.2, 0.25) is 0 Å². The largest absolute Gasteiger partial charge is 0.399 e. The molecule has 0 aliphatic heterocycles. The van der Waals surface area contributed by atoms with Crippen molar-refractivity contribution in [2.24, 2.45) is 0 Å². The number of anilines is 3. The number of carbonyl (C=O) groups is 3. The van der Waals surface area contributed by atoms with Gasteiger partial charge in [0.15, 0.2) is 0 Å². The molecule has 0 spiro atoms. The lowest BCUT2D eigenvalue weighted by Crippen LogP contribution is -2.42. The minimum absolute atomic E-state index is 0.269. The number of H-pyrrole nitrogens is 1. The summed E-state index contributed by atoms with van der Waals surface area (Å²) in [5.74, 6) is -2.48. The number of rotatable bonds is 2. The van der Waals surface area contributed by atoms with E-state index in [1.54, 1.807) is 30.3 Å². The molecule has 4 N–H and O–H groups in total. The molecule has 8 heteroatoms. The first kappa shape index (κ1) is 16.2. The average Bonchev–Trinajstić information content (AvgIpc) is 3.04. The van der Waals surface area contributed by atoms with Crippen molar-refractivity contribution >= 4 is 45.8 Å². The average molecular weight is 337 g/mol. The van der Waals surface area contributed by atoms with Gasteiger partial charge < -0.3 is 16.0 Å². The molecule has 1 heterocycles. The third-order valence-electron chi connectivity index (χ3n) is 3.54. The van der Waals surface area contributed by atoms with Gasteiger partial charge in [0.05, 0.1) is 23.0 Å². The summed E-state index contributed by atoms with van der Waals surface area (Å²) >= 11 is 0. The molecule has 0 saturated carbocycles. The molecule has 3 rings (SSSR count). The lowest BCUT2D eigenvalue weighted by molar-refractivity contribution is -0.136. The lowest BCUT2D eigenvalue weighted by Gasteiger charge is -2.18. The fraction of sp³-hybridized carbons (Fsp3) is 0.0588. The fourth-order valence-corrected chi connectivity index (χ4v) is 2.36. The van der Waals surface area contributed by atoms with Gasteiger partial charge in [-0.3, -0.25) is 14.4 Å². The molecule has 3 aromatic rings. The summed E-state index contributed by atoms with van der Waals surface area (Å²) in [5.41, 5.74) is 8.22. The highest BCUT2D eigenvalue weighted by Gasteiger charge is 2.27. The Morgan fingerprint density at radius 2 is 1.84 bits per heavy atom. The zero-order valence-corrected chi connectivity index (χ0v) is 13.3. The second kappa shape index (κ2) is 6.44.